The van der Waals surface area contributed by atoms with Crippen LogP contribution in [0.1, 0.15) is 45.4 Å². The summed E-state index contributed by atoms with van der Waals surface area (Å²) in [6, 6.07) is 0.207. The molecule has 2 aliphatic carbocycles. The van der Waals surface area contributed by atoms with Crippen molar-refractivity contribution in [2.45, 2.75) is 63.3 Å². The van der Waals surface area contributed by atoms with Crippen molar-refractivity contribution in [3.63, 3.8) is 0 Å². The lowest BCUT2D eigenvalue weighted by molar-refractivity contribution is -0.284. The second kappa shape index (κ2) is 5.58. The van der Waals surface area contributed by atoms with E-state index >= 15 is 0 Å². The zero-order chi connectivity index (χ0) is 15.0. The Hall–Kier alpha value is -0.710. The molecule has 116 valence electrons. The van der Waals surface area contributed by atoms with Crippen molar-refractivity contribution in [1.29, 1.82) is 0 Å². The highest BCUT2D eigenvalue weighted by molar-refractivity contribution is 5.02. The van der Waals surface area contributed by atoms with Crippen molar-refractivity contribution >= 4 is 0 Å². The van der Waals surface area contributed by atoms with Gasteiger partial charge in [-0.1, -0.05) is 19.4 Å². The SMILES string of the molecule is C=CNC1CCC(C(C)(O)C(F)(F)F)C2CCCCC12. The quantitative estimate of drug-likeness (QED) is 0.832. The van der Waals surface area contributed by atoms with E-state index in [1.807, 2.05) is 0 Å². The summed E-state index contributed by atoms with van der Waals surface area (Å²) >= 11 is 0. The molecule has 2 aliphatic rings. The maximum Gasteiger partial charge on any atom is 0.417 e. The molecule has 0 aromatic heterocycles. The molecule has 0 spiro atoms. The van der Waals surface area contributed by atoms with Crippen LogP contribution in [0, 0.1) is 17.8 Å². The van der Waals surface area contributed by atoms with Gasteiger partial charge in [-0.15, -0.1) is 0 Å². The fraction of sp³-hybridized carbons (Fsp3) is 0.867. The topological polar surface area (TPSA) is 32.3 Å². The maximum absolute atomic E-state index is 13.1. The van der Waals surface area contributed by atoms with Crippen LogP contribution in [-0.4, -0.2) is 22.9 Å². The Morgan fingerprint density at radius 2 is 1.70 bits per heavy atom. The number of fused-ring (bicyclic) bond motifs is 1. The molecule has 0 amide bonds. The molecule has 0 bridgehead atoms. The van der Waals surface area contributed by atoms with Gasteiger partial charge in [-0.25, -0.2) is 0 Å². The standard InChI is InChI=1S/C15H24F3NO/c1-3-19-13-9-8-12(14(2,20)15(16,17)18)10-6-4-5-7-11(10)13/h3,10-13,19-20H,1,4-9H2,2H3. The number of hydrogen-bond donors (Lipinski definition) is 2. The van der Waals surface area contributed by atoms with Gasteiger partial charge < -0.3 is 10.4 Å². The molecule has 5 heteroatoms. The second-order valence-corrected chi connectivity index (χ2v) is 6.42. The number of halogens is 3. The summed E-state index contributed by atoms with van der Waals surface area (Å²) in [5.41, 5.74) is -2.58. The Balaban J connectivity index is 2.22. The predicted octanol–water partition coefficient (Wildman–Crippen LogP) is 3.62. The van der Waals surface area contributed by atoms with E-state index in [0.717, 1.165) is 32.6 Å². The van der Waals surface area contributed by atoms with Gasteiger partial charge in [0.15, 0.2) is 5.60 Å². The van der Waals surface area contributed by atoms with Crippen molar-refractivity contribution in [1.82, 2.24) is 5.32 Å². The molecule has 5 unspecified atom stereocenters. The molecule has 2 nitrogen and oxygen atoms in total. The number of alkyl halides is 3. The third-order valence-electron chi connectivity index (χ3n) is 5.33. The first-order valence-electron chi connectivity index (χ1n) is 7.45. The van der Waals surface area contributed by atoms with Crippen molar-refractivity contribution in [3.8, 4) is 0 Å². The molecule has 2 N–H and O–H groups in total. The number of aliphatic hydroxyl groups is 1. The largest absolute Gasteiger partial charge is 0.417 e. The Labute approximate surface area is 118 Å². The zero-order valence-corrected chi connectivity index (χ0v) is 11.9. The highest BCUT2D eigenvalue weighted by Gasteiger charge is 2.59. The monoisotopic (exact) mass is 291 g/mol. The number of rotatable bonds is 3. The first-order valence-corrected chi connectivity index (χ1v) is 7.45. The summed E-state index contributed by atoms with van der Waals surface area (Å²) in [5.74, 6) is -0.517. The number of nitrogens with one attached hydrogen (secondary N) is 1. The van der Waals surface area contributed by atoms with Gasteiger partial charge in [-0.05, 0) is 56.6 Å². The van der Waals surface area contributed by atoms with E-state index in [1.165, 1.54) is 0 Å². The Kier molecular flexibility index (Phi) is 4.38. The molecule has 2 fully saturated rings. The summed E-state index contributed by atoms with van der Waals surface area (Å²) in [6.07, 6.45) is 1.93. The van der Waals surface area contributed by atoms with Crippen molar-refractivity contribution in [2.24, 2.45) is 17.8 Å². The normalized spacial score (nSPS) is 37.6. The highest BCUT2D eigenvalue weighted by Crippen LogP contribution is 2.51. The Morgan fingerprint density at radius 3 is 2.25 bits per heavy atom. The minimum Gasteiger partial charge on any atom is -0.388 e. The second-order valence-electron chi connectivity index (χ2n) is 6.42. The molecule has 2 saturated carbocycles. The van der Waals surface area contributed by atoms with Crippen LogP contribution in [0.15, 0.2) is 12.8 Å². The van der Waals surface area contributed by atoms with Crippen LogP contribution in [0.25, 0.3) is 0 Å². The van der Waals surface area contributed by atoms with Gasteiger partial charge in [0.25, 0.3) is 0 Å². The lowest BCUT2D eigenvalue weighted by atomic mass is 9.59. The van der Waals surface area contributed by atoms with Crippen molar-refractivity contribution in [2.75, 3.05) is 0 Å². The summed E-state index contributed by atoms with van der Waals surface area (Å²) < 4.78 is 39.4. The maximum atomic E-state index is 13.1. The van der Waals surface area contributed by atoms with Gasteiger partial charge in [0.1, 0.15) is 0 Å². The lowest BCUT2D eigenvalue weighted by Crippen LogP contribution is -2.57. The molecule has 0 saturated heterocycles. The summed E-state index contributed by atoms with van der Waals surface area (Å²) in [6.45, 7) is 4.61. The van der Waals surface area contributed by atoms with Crippen LogP contribution >= 0.6 is 0 Å². The van der Waals surface area contributed by atoms with Crippen LogP contribution in [-0.2, 0) is 0 Å². The molecule has 5 atom stereocenters. The van der Waals surface area contributed by atoms with Crippen molar-refractivity contribution < 1.29 is 18.3 Å². The van der Waals surface area contributed by atoms with Crippen LogP contribution in [0.2, 0.25) is 0 Å². The van der Waals surface area contributed by atoms with E-state index < -0.39 is 17.7 Å². The van der Waals surface area contributed by atoms with Crippen LogP contribution < -0.4 is 5.32 Å². The average Bonchev–Trinajstić information content (AvgIpc) is 2.38. The predicted molar refractivity (Wildman–Crippen MR) is 72.0 cm³/mol. The molecular formula is C15H24F3NO. The minimum absolute atomic E-state index is 0.0495. The van der Waals surface area contributed by atoms with Crippen molar-refractivity contribution in [3.05, 3.63) is 12.8 Å². The molecule has 0 radical (unpaired) electrons. The van der Waals surface area contributed by atoms with E-state index in [1.54, 1.807) is 6.20 Å². The van der Waals surface area contributed by atoms with Gasteiger partial charge >= 0.3 is 6.18 Å². The average molecular weight is 291 g/mol. The zero-order valence-electron chi connectivity index (χ0n) is 11.9. The van der Waals surface area contributed by atoms with E-state index in [0.29, 0.717) is 12.8 Å². The fourth-order valence-corrected chi connectivity index (χ4v) is 4.24. The van der Waals surface area contributed by atoms with Crippen LogP contribution in [0.3, 0.4) is 0 Å². The van der Waals surface area contributed by atoms with Gasteiger partial charge in [-0.3, -0.25) is 0 Å². The van der Waals surface area contributed by atoms with Gasteiger partial charge in [0.05, 0.1) is 0 Å². The molecule has 2 rings (SSSR count). The molecule has 20 heavy (non-hydrogen) atoms. The van der Waals surface area contributed by atoms with Crippen LogP contribution in [0.4, 0.5) is 13.2 Å². The summed E-state index contributed by atoms with van der Waals surface area (Å²) in [7, 11) is 0. The van der Waals surface area contributed by atoms with Crippen LogP contribution in [0.5, 0.6) is 0 Å². The molecule has 0 aliphatic heterocycles. The van der Waals surface area contributed by atoms with Gasteiger partial charge in [0, 0.05) is 6.04 Å². The first kappa shape index (κ1) is 15.7. The Morgan fingerprint density at radius 1 is 1.10 bits per heavy atom. The molecule has 0 aromatic rings. The number of hydrogen-bond acceptors (Lipinski definition) is 2. The smallest absolute Gasteiger partial charge is 0.388 e. The highest BCUT2D eigenvalue weighted by atomic mass is 19.4. The lowest BCUT2D eigenvalue weighted by Gasteiger charge is -2.50. The third kappa shape index (κ3) is 2.69. The van der Waals surface area contributed by atoms with E-state index in [4.69, 9.17) is 0 Å². The first-order chi connectivity index (χ1) is 9.29. The summed E-state index contributed by atoms with van der Waals surface area (Å²) in [4.78, 5) is 0. The van der Waals surface area contributed by atoms with E-state index in [2.05, 4.69) is 11.9 Å². The van der Waals surface area contributed by atoms with Gasteiger partial charge in [-0.2, -0.15) is 13.2 Å². The summed E-state index contributed by atoms with van der Waals surface area (Å²) in [5, 5.41) is 13.3. The van der Waals surface area contributed by atoms with Gasteiger partial charge in [0.2, 0.25) is 0 Å². The van der Waals surface area contributed by atoms with E-state index in [9.17, 15) is 18.3 Å². The molecular weight excluding hydrogens is 267 g/mol. The van der Waals surface area contributed by atoms with E-state index in [-0.39, 0.29) is 17.9 Å². The fourth-order valence-electron chi connectivity index (χ4n) is 4.24. The molecule has 0 heterocycles. The Bertz CT molecular complexity index is 354. The molecule has 0 aromatic carbocycles. The third-order valence-corrected chi connectivity index (χ3v) is 5.33. The minimum atomic E-state index is -4.56.